The van der Waals surface area contributed by atoms with Crippen molar-refractivity contribution in [3.8, 4) is 0 Å². The Morgan fingerprint density at radius 3 is 1.71 bits per heavy atom. The SMILES string of the molecule is C[C@H](NC(=O)[C@H](Cc1c[nH]c2ccccc12)NC(=O)[C@H](Cc1c[nH]c2ccccc12)NC(=O)[C@@H](N)CCCN=C(N)N)C(=O)N[C@@H](Cc1ccccc1)C(=O)N[C@@H](Cc1cnc[nH]1)C(=O)O. The van der Waals surface area contributed by atoms with Gasteiger partial charge in [0.15, 0.2) is 5.96 Å². The fraction of sp³-hybridized carbons (Fsp3) is 0.304. The van der Waals surface area contributed by atoms with Gasteiger partial charge in [0.05, 0.1) is 12.4 Å². The molecule has 0 spiro atoms. The zero-order valence-corrected chi connectivity index (χ0v) is 36.3. The lowest BCUT2D eigenvalue weighted by molar-refractivity contribution is -0.142. The number of nitrogens with one attached hydrogen (secondary N) is 8. The summed E-state index contributed by atoms with van der Waals surface area (Å²) in [6.45, 7) is 1.67. The maximum Gasteiger partial charge on any atom is 0.326 e. The van der Waals surface area contributed by atoms with E-state index in [1.165, 1.54) is 19.4 Å². The smallest absolute Gasteiger partial charge is 0.326 e. The minimum Gasteiger partial charge on any atom is -0.480 e. The fourth-order valence-corrected chi connectivity index (χ4v) is 7.48. The molecule has 3 aromatic carbocycles. The van der Waals surface area contributed by atoms with Gasteiger partial charge in [-0.3, -0.25) is 29.0 Å². The van der Waals surface area contributed by atoms with Crippen LogP contribution in [-0.2, 0) is 54.5 Å². The van der Waals surface area contributed by atoms with Crippen LogP contribution in [0.4, 0.5) is 0 Å². The number of aromatic nitrogens is 4. The van der Waals surface area contributed by atoms with Crippen molar-refractivity contribution < 1.29 is 33.9 Å². The molecule has 0 unspecified atom stereocenters. The van der Waals surface area contributed by atoms with Crippen LogP contribution >= 0.6 is 0 Å². The highest BCUT2D eigenvalue weighted by atomic mass is 16.4. The summed E-state index contributed by atoms with van der Waals surface area (Å²) >= 11 is 0. The Morgan fingerprint density at radius 1 is 0.636 bits per heavy atom. The molecule has 3 heterocycles. The molecule has 0 saturated heterocycles. The van der Waals surface area contributed by atoms with E-state index in [2.05, 4.69) is 51.5 Å². The molecule has 0 radical (unpaired) electrons. The number of guanidine groups is 1. The highest BCUT2D eigenvalue weighted by Crippen LogP contribution is 2.21. The van der Waals surface area contributed by atoms with Crippen molar-refractivity contribution in [1.82, 2.24) is 46.5 Å². The zero-order valence-electron chi connectivity index (χ0n) is 36.3. The van der Waals surface area contributed by atoms with Crippen LogP contribution in [-0.4, -0.2) is 109 Å². The number of nitrogens with two attached hydrogens (primary N) is 3. The Bertz CT molecular complexity index is 2640. The van der Waals surface area contributed by atoms with Crippen molar-refractivity contribution in [1.29, 1.82) is 0 Å². The van der Waals surface area contributed by atoms with Gasteiger partial charge in [0.2, 0.25) is 29.5 Å². The number of aliphatic carboxylic acids is 1. The second kappa shape index (κ2) is 22.6. The molecule has 3 aromatic heterocycles. The van der Waals surface area contributed by atoms with Crippen molar-refractivity contribution in [2.24, 2.45) is 22.2 Å². The number of amides is 5. The average molecular weight is 902 g/mol. The standard InChI is InChI=1S/C46H55N13O7/c1-26(40(60)56-36(18-27-10-3-2-4-11-27)43(63)59-39(45(65)66)21-30-24-50-25-54-30)55-42(62)37(19-28-22-52-34-15-7-5-12-31(28)34)58-44(64)38(20-29-23-53-35-16-8-6-13-32(29)35)57-41(61)33(47)14-9-17-51-46(48)49/h2-8,10-13,15-16,22-26,33,36-39,52-53H,9,14,17-21,47H2,1H3,(H,50,54)(H,55,62)(H,56,60)(H,57,61)(H,58,64)(H,59,63)(H,65,66)(H4,48,49,51)/t26-,33-,36-,37-,38-,39-/m0/s1. The number of aliphatic imine (C=N–C) groups is 1. The molecular formula is C46H55N13O7. The summed E-state index contributed by atoms with van der Waals surface area (Å²) < 4.78 is 0. The Morgan fingerprint density at radius 2 is 1.15 bits per heavy atom. The van der Waals surface area contributed by atoms with Crippen molar-refractivity contribution in [2.75, 3.05) is 6.54 Å². The lowest BCUT2D eigenvalue weighted by atomic mass is 10.0. The molecule has 5 amide bonds. The first kappa shape index (κ1) is 47.5. The lowest BCUT2D eigenvalue weighted by Gasteiger charge is -2.26. The number of hydrogen-bond acceptors (Lipinski definition) is 9. The number of hydrogen-bond donors (Lipinski definition) is 12. The van der Waals surface area contributed by atoms with Crippen LogP contribution < -0.4 is 43.8 Å². The third kappa shape index (κ3) is 13.0. The van der Waals surface area contributed by atoms with E-state index in [0.29, 0.717) is 23.2 Å². The molecule has 0 aliphatic rings. The zero-order chi connectivity index (χ0) is 47.2. The van der Waals surface area contributed by atoms with Gasteiger partial charge in [0.1, 0.15) is 30.2 Å². The first-order chi connectivity index (χ1) is 31.7. The minimum absolute atomic E-state index is 0.00180. The summed E-state index contributed by atoms with van der Waals surface area (Å²) in [5.74, 6) is -4.94. The van der Waals surface area contributed by atoms with Gasteiger partial charge in [-0.15, -0.1) is 0 Å². The number of carboxylic acid groups (broad SMARTS) is 1. The predicted octanol–water partition coefficient (Wildman–Crippen LogP) is 0.552. The monoisotopic (exact) mass is 901 g/mol. The predicted molar refractivity (Wildman–Crippen MR) is 247 cm³/mol. The van der Waals surface area contributed by atoms with E-state index in [0.717, 1.165) is 27.4 Å². The second-order valence-corrected chi connectivity index (χ2v) is 16.0. The van der Waals surface area contributed by atoms with Gasteiger partial charge < -0.3 is 63.8 Å². The molecule has 20 nitrogen and oxygen atoms in total. The van der Waals surface area contributed by atoms with Crippen molar-refractivity contribution in [3.63, 3.8) is 0 Å². The molecule has 0 saturated carbocycles. The summed E-state index contributed by atoms with van der Waals surface area (Å²) in [4.78, 5) is 99.2. The number of H-pyrrole nitrogens is 3. The molecule has 6 aromatic rings. The highest BCUT2D eigenvalue weighted by Gasteiger charge is 2.33. The maximum absolute atomic E-state index is 14.5. The topological polar surface area (TPSA) is 333 Å². The van der Waals surface area contributed by atoms with Gasteiger partial charge in [-0.2, -0.15) is 0 Å². The molecule has 0 aliphatic heterocycles. The van der Waals surface area contributed by atoms with Gasteiger partial charge in [-0.1, -0.05) is 66.7 Å². The summed E-state index contributed by atoms with van der Waals surface area (Å²) in [5, 5.41) is 25.1. The van der Waals surface area contributed by atoms with Gasteiger partial charge in [-0.25, -0.2) is 9.78 Å². The van der Waals surface area contributed by atoms with Gasteiger partial charge in [0.25, 0.3) is 0 Å². The molecule has 6 rings (SSSR count). The molecule has 0 aliphatic carbocycles. The Labute approximate surface area is 379 Å². The number of para-hydroxylation sites is 2. The number of aromatic amines is 3. The van der Waals surface area contributed by atoms with E-state index >= 15 is 0 Å². The quantitative estimate of drug-likeness (QED) is 0.0239. The minimum atomic E-state index is -1.35. The van der Waals surface area contributed by atoms with Crippen molar-refractivity contribution in [2.45, 2.75) is 81.7 Å². The van der Waals surface area contributed by atoms with Crippen LogP contribution in [0.15, 0.2) is 109 Å². The second-order valence-electron chi connectivity index (χ2n) is 16.0. The Balaban J connectivity index is 1.22. The lowest BCUT2D eigenvalue weighted by Crippen LogP contribution is -2.59. The third-order valence-electron chi connectivity index (χ3n) is 11.0. The fourth-order valence-electron chi connectivity index (χ4n) is 7.48. The maximum atomic E-state index is 14.5. The number of carbonyl (C=O) groups is 6. The number of benzene rings is 3. The highest BCUT2D eigenvalue weighted by molar-refractivity contribution is 5.97. The Kier molecular flexibility index (Phi) is 16.2. The van der Waals surface area contributed by atoms with E-state index in [-0.39, 0.29) is 44.6 Å². The molecule has 66 heavy (non-hydrogen) atoms. The van der Waals surface area contributed by atoms with Crippen LogP contribution in [0.5, 0.6) is 0 Å². The molecule has 20 heteroatoms. The number of nitrogens with zero attached hydrogens (tertiary/aromatic N) is 2. The van der Waals surface area contributed by atoms with E-state index in [4.69, 9.17) is 17.2 Å². The van der Waals surface area contributed by atoms with E-state index in [1.54, 1.807) is 42.7 Å². The first-order valence-electron chi connectivity index (χ1n) is 21.4. The van der Waals surface area contributed by atoms with Gasteiger partial charge in [-0.05, 0) is 48.6 Å². The molecule has 0 fully saturated rings. The molecule has 0 bridgehead atoms. The van der Waals surface area contributed by atoms with Crippen molar-refractivity contribution >= 4 is 63.3 Å². The number of carbonyl (C=O) groups excluding carboxylic acids is 5. The number of fused-ring (bicyclic) bond motifs is 2. The van der Waals surface area contributed by atoms with Gasteiger partial charge >= 0.3 is 5.97 Å². The first-order valence-corrected chi connectivity index (χ1v) is 21.4. The normalized spacial score (nSPS) is 13.9. The van der Waals surface area contributed by atoms with E-state index < -0.39 is 71.8 Å². The van der Waals surface area contributed by atoms with Crippen LogP contribution in [0.2, 0.25) is 0 Å². The van der Waals surface area contributed by atoms with Crippen molar-refractivity contribution in [3.05, 3.63) is 126 Å². The summed E-state index contributed by atoms with van der Waals surface area (Å²) in [5.41, 5.74) is 21.3. The van der Waals surface area contributed by atoms with Gasteiger partial charge in [0, 0.05) is 78.3 Å². The third-order valence-corrected chi connectivity index (χ3v) is 11.0. The molecule has 346 valence electrons. The van der Waals surface area contributed by atoms with E-state index in [9.17, 15) is 33.9 Å². The molecule has 6 atom stereocenters. The van der Waals surface area contributed by atoms with E-state index in [1.807, 2.05) is 48.5 Å². The summed E-state index contributed by atoms with van der Waals surface area (Å²) in [6, 6.07) is 16.3. The number of carboxylic acids is 1. The number of rotatable bonds is 23. The number of imidazole rings is 1. The summed E-state index contributed by atoms with van der Waals surface area (Å²) in [6.07, 6.45) is 6.82. The van der Waals surface area contributed by atoms with Crippen LogP contribution in [0.25, 0.3) is 21.8 Å². The molecule has 15 N–H and O–H groups in total. The molecular weight excluding hydrogens is 847 g/mol. The largest absolute Gasteiger partial charge is 0.480 e. The van der Waals surface area contributed by atoms with Crippen LogP contribution in [0.3, 0.4) is 0 Å². The Hall–Kier alpha value is -8.00. The summed E-state index contributed by atoms with van der Waals surface area (Å²) in [7, 11) is 0. The average Bonchev–Trinajstić information content (AvgIpc) is 4.08. The van der Waals surface area contributed by atoms with Crippen LogP contribution in [0, 0.1) is 0 Å². The van der Waals surface area contributed by atoms with Crippen LogP contribution in [0.1, 0.15) is 42.1 Å².